The molecule has 1 aliphatic rings. The number of aromatic nitrogens is 2. The smallest absolute Gasteiger partial charge is 0.137 e. The second-order valence-corrected chi connectivity index (χ2v) is 6.55. The molecule has 0 unspecified atom stereocenters. The van der Waals surface area contributed by atoms with Crippen molar-refractivity contribution in [3.05, 3.63) is 17.0 Å². The van der Waals surface area contributed by atoms with Gasteiger partial charge in [0.25, 0.3) is 0 Å². The molecule has 100 valence electrons. The van der Waals surface area contributed by atoms with Crippen molar-refractivity contribution in [2.24, 2.45) is 5.41 Å². The Hall–Kier alpha value is -0.870. The molecule has 18 heavy (non-hydrogen) atoms. The van der Waals surface area contributed by atoms with Crippen LogP contribution in [0.1, 0.15) is 39.4 Å². The van der Waals surface area contributed by atoms with E-state index in [9.17, 15) is 5.11 Å². The highest BCUT2D eigenvalue weighted by atomic mass is 35.5. The molecule has 4 nitrogen and oxygen atoms in total. The van der Waals surface area contributed by atoms with E-state index in [0.29, 0.717) is 5.15 Å². The van der Waals surface area contributed by atoms with E-state index in [4.69, 9.17) is 11.6 Å². The van der Waals surface area contributed by atoms with Gasteiger partial charge in [-0.25, -0.2) is 9.97 Å². The maximum atomic E-state index is 9.27. The van der Waals surface area contributed by atoms with E-state index in [1.165, 1.54) is 0 Å². The average molecular weight is 270 g/mol. The summed E-state index contributed by atoms with van der Waals surface area (Å²) in [6.07, 6.45) is 2.14. The summed E-state index contributed by atoms with van der Waals surface area (Å²) in [6, 6.07) is 1.73. The molecule has 2 N–H and O–H groups in total. The molecule has 0 atom stereocenters. The fourth-order valence-electron chi connectivity index (χ4n) is 1.69. The predicted molar refractivity (Wildman–Crippen MR) is 73.0 cm³/mol. The lowest BCUT2D eigenvalue weighted by molar-refractivity contribution is 0.219. The van der Waals surface area contributed by atoms with Crippen LogP contribution in [0.4, 0.5) is 5.82 Å². The van der Waals surface area contributed by atoms with Crippen LogP contribution in [0.3, 0.4) is 0 Å². The third-order valence-corrected chi connectivity index (χ3v) is 3.50. The average Bonchev–Trinajstić information content (AvgIpc) is 3.05. The van der Waals surface area contributed by atoms with Gasteiger partial charge >= 0.3 is 0 Å². The van der Waals surface area contributed by atoms with Gasteiger partial charge < -0.3 is 10.4 Å². The summed E-state index contributed by atoms with van der Waals surface area (Å²) in [5.74, 6) is 1.46. The molecule has 0 aliphatic heterocycles. The molecule has 0 spiro atoms. The minimum atomic E-state index is -0.129. The van der Waals surface area contributed by atoms with Crippen molar-refractivity contribution in [2.45, 2.75) is 39.0 Å². The Morgan fingerprint density at radius 2 is 2.06 bits per heavy atom. The molecule has 0 aromatic carbocycles. The number of nitrogens with one attached hydrogen (secondary N) is 1. The maximum Gasteiger partial charge on any atom is 0.137 e. The Bertz CT molecular complexity index is 438. The quantitative estimate of drug-likeness (QED) is 0.825. The summed E-state index contributed by atoms with van der Waals surface area (Å²) in [6.45, 7) is 7.13. The van der Waals surface area contributed by atoms with Gasteiger partial charge in [0.05, 0.1) is 6.61 Å². The van der Waals surface area contributed by atoms with Crippen LogP contribution in [0.25, 0.3) is 0 Å². The Morgan fingerprint density at radius 3 is 2.56 bits per heavy atom. The number of anilines is 1. The van der Waals surface area contributed by atoms with Crippen LogP contribution in [-0.4, -0.2) is 28.2 Å². The number of hydrogen-bond donors (Lipinski definition) is 2. The first kappa shape index (κ1) is 13.6. The Labute approximate surface area is 113 Å². The molecule has 1 heterocycles. The van der Waals surface area contributed by atoms with Crippen LogP contribution in [-0.2, 0) is 5.41 Å². The fraction of sp³-hybridized carbons (Fsp3) is 0.692. The van der Waals surface area contributed by atoms with Crippen molar-refractivity contribution in [2.75, 3.05) is 18.5 Å². The third-order valence-electron chi connectivity index (χ3n) is 3.30. The summed E-state index contributed by atoms with van der Waals surface area (Å²) in [7, 11) is 0. The number of halogens is 1. The minimum Gasteiger partial charge on any atom is -0.396 e. The Kier molecular flexibility index (Phi) is 3.52. The van der Waals surface area contributed by atoms with Gasteiger partial charge in [-0.05, 0) is 12.8 Å². The molecule has 1 saturated carbocycles. The van der Waals surface area contributed by atoms with E-state index in [1.807, 2.05) is 0 Å². The largest absolute Gasteiger partial charge is 0.396 e. The summed E-state index contributed by atoms with van der Waals surface area (Å²) in [5.41, 5.74) is -0.0745. The summed E-state index contributed by atoms with van der Waals surface area (Å²) in [5, 5.41) is 13.0. The molecule has 1 aromatic heterocycles. The van der Waals surface area contributed by atoms with E-state index < -0.39 is 0 Å². The van der Waals surface area contributed by atoms with E-state index >= 15 is 0 Å². The van der Waals surface area contributed by atoms with Crippen LogP contribution in [0.2, 0.25) is 5.15 Å². The molecule has 0 amide bonds. The van der Waals surface area contributed by atoms with Crippen molar-refractivity contribution < 1.29 is 5.11 Å². The molecule has 1 fully saturated rings. The van der Waals surface area contributed by atoms with Crippen LogP contribution in [0, 0.1) is 5.41 Å². The van der Waals surface area contributed by atoms with Gasteiger partial charge in [-0.15, -0.1) is 0 Å². The number of nitrogens with zero attached hydrogens (tertiary/aromatic N) is 2. The number of aliphatic hydroxyl groups is 1. The lowest BCUT2D eigenvalue weighted by Gasteiger charge is -2.19. The second kappa shape index (κ2) is 4.67. The van der Waals surface area contributed by atoms with E-state index in [-0.39, 0.29) is 17.4 Å². The third kappa shape index (κ3) is 3.12. The molecule has 0 bridgehead atoms. The van der Waals surface area contributed by atoms with Gasteiger partial charge in [-0.3, -0.25) is 0 Å². The lowest BCUT2D eigenvalue weighted by atomic mass is 9.96. The zero-order chi connectivity index (χ0) is 13.4. The van der Waals surface area contributed by atoms with Crippen molar-refractivity contribution in [1.29, 1.82) is 0 Å². The highest BCUT2D eigenvalue weighted by Crippen LogP contribution is 2.44. The lowest BCUT2D eigenvalue weighted by Crippen LogP contribution is -2.21. The number of rotatable bonds is 4. The molecule has 1 aromatic rings. The summed E-state index contributed by atoms with van der Waals surface area (Å²) >= 11 is 6.02. The fourth-order valence-corrected chi connectivity index (χ4v) is 1.87. The van der Waals surface area contributed by atoms with Gasteiger partial charge in [0.15, 0.2) is 0 Å². The standard InChI is InChI=1S/C13H20ClN3O/c1-12(2,3)11-16-9(14)6-10(17-11)15-7-13(8-18)4-5-13/h6,18H,4-5,7-8H2,1-3H3,(H,15,16,17). The van der Waals surface area contributed by atoms with Gasteiger partial charge in [-0.1, -0.05) is 32.4 Å². The zero-order valence-corrected chi connectivity index (χ0v) is 11.9. The number of hydrogen-bond acceptors (Lipinski definition) is 4. The molecular weight excluding hydrogens is 250 g/mol. The van der Waals surface area contributed by atoms with Crippen LogP contribution in [0.5, 0.6) is 0 Å². The van der Waals surface area contributed by atoms with E-state index in [0.717, 1.165) is 31.0 Å². The van der Waals surface area contributed by atoms with E-state index in [2.05, 4.69) is 36.1 Å². The van der Waals surface area contributed by atoms with E-state index in [1.54, 1.807) is 6.07 Å². The minimum absolute atomic E-state index is 0.0549. The summed E-state index contributed by atoms with van der Waals surface area (Å²) in [4.78, 5) is 8.73. The van der Waals surface area contributed by atoms with Crippen LogP contribution in [0.15, 0.2) is 6.07 Å². The maximum absolute atomic E-state index is 9.27. The highest BCUT2D eigenvalue weighted by molar-refractivity contribution is 6.29. The zero-order valence-electron chi connectivity index (χ0n) is 11.1. The first-order chi connectivity index (χ1) is 8.35. The number of aliphatic hydroxyl groups excluding tert-OH is 1. The molecule has 1 aliphatic carbocycles. The van der Waals surface area contributed by atoms with Gasteiger partial charge in [0.1, 0.15) is 16.8 Å². The first-order valence-corrected chi connectivity index (χ1v) is 6.62. The van der Waals surface area contributed by atoms with Gasteiger partial charge in [-0.2, -0.15) is 0 Å². The molecule has 5 heteroatoms. The predicted octanol–water partition coefficient (Wildman–Crippen LogP) is 2.61. The van der Waals surface area contributed by atoms with Crippen LogP contribution < -0.4 is 5.32 Å². The SMILES string of the molecule is CC(C)(C)c1nc(Cl)cc(NCC2(CO)CC2)n1. The van der Waals surface area contributed by atoms with Crippen molar-refractivity contribution >= 4 is 17.4 Å². The monoisotopic (exact) mass is 269 g/mol. The molecular formula is C13H20ClN3O. The molecule has 0 saturated heterocycles. The highest BCUT2D eigenvalue weighted by Gasteiger charge is 2.41. The Balaban J connectivity index is 2.11. The summed E-state index contributed by atoms with van der Waals surface area (Å²) < 4.78 is 0. The second-order valence-electron chi connectivity index (χ2n) is 6.16. The Morgan fingerprint density at radius 1 is 1.39 bits per heavy atom. The van der Waals surface area contributed by atoms with Gasteiger partial charge in [0.2, 0.25) is 0 Å². The van der Waals surface area contributed by atoms with Crippen molar-refractivity contribution in [1.82, 2.24) is 9.97 Å². The topological polar surface area (TPSA) is 58.0 Å². The van der Waals surface area contributed by atoms with Crippen LogP contribution >= 0.6 is 11.6 Å². The van der Waals surface area contributed by atoms with Crippen molar-refractivity contribution in [3.63, 3.8) is 0 Å². The molecule has 2 rings (SSSR count). The van der Waals surface area contributed by atoms with Crippen molar-refractivity contribution in [3.8, 4) is 0 Å². The normalized spacial score (nSPS) is 17.6. The van der Waals surface area contributed by atoms with Gasteiger partial charge in [0, 0.05) is 23.4 Å². The first-order valence-electron chi connectivity index (χ1n) is 6.24. The molecule has 0 radical (unpaired) electrons.